The van der Waals surface area contributed by atoms with Crippen molar-refractivity contribution in [2.45, 2.75) is 6.61 Å². The van der Waals surface area contributed by atoms with Crippen molar-refractivity contribution in [3.63, 3.8) is 0 Å². The number of aromatic nitrogens is 2. The molecule has 0 aliphatic carbocycles. The van der Waals surface area contributed by atoms with Gasteiger partial charge in [0.2, 0.25) is 0 Å². The standard InChI is InChI=1S/C12H12ClN3O/c1-14-12-4-2-3-10(16-12)8-17-11-5-9(13)6-15-7-11/h2-7H,8H2,1H3,(H,14,16). The number of hydrogen-bond acceptors (Lipinski definition) is 4. The molecule has 4 nitrogen and oxygen atoms in total. The van der Waals surface area contributed by atoms with Gasteiger partial charge in [-0.3, -0.25) is 4.98 Å². The molecule has 0 saturated carbocycles. The van der Waals surface area contributed by atoms with Crippen LogP contribution in [0.5, 0.6) is 5.75 Å². The molecule has 0 aliphatic rings. The SMILES string of the molecule is CNc1cccc(COc2cncc(Cl)c2)n1. The average molecular weight is 250 g/mol. The van der Waals surface area contributed by atoms with Crippen LogP contribution in [0, 0.1) is 0 Å². The minimum absolute atomic E-state index is 0.386. The summed E-state index contributed by atoms with van der Waals surface area (Å²) in [5, 5.41) is 3.53. The number of ether oxygens (including phenoxy) is 1. The zero-order valence-electron chi connectivity index (χ0n) is 9.35. The molecule has 0 radical (unpaired) electrons. The smallest absolute Gasteiger partial charge is 0.139 e. The molecule has 2 heterocycles. The predicted molar refractivity (Wildman–Crippen MR) is 67.4 cm³/mol. The van der Waals surface area contributed by atoms with Gasteiger partial charge in [-0.2, -0.15) is 0 Å². The fourth-order valence-corrected chi connectivity index (χ4v) is 1.49. The van der Waals surface area contributed by atoms with Crippen molar-refractivity contribution in [1.29, 1.82) is 0 Å². The molecule has 0 aliphatic heterocycles. The summed E-state index contributed by atoms with van der Waals surface area (Å²) in [5.41, 5.74) is 0.844. The molecule has 17 heavy (non-hydrogen) atoms. The molecule has 0 aromatic carbocycles. The summed E-state index contributed by atoms with van der Waals surface area (Å²) >= 11 is 5.81. The minimum Gasteiger partial charge on any atom is -0.486 e. The van der Waals surface area contributed by atoms with Crippen LogP contribution in [-0.2, 0) is 6.61 Å². The van der Waals surface area contributed by atoms with Crippen molar-refractivity contribution < 1.29 is 4.74 Å². The summed E-state index contributed by atoms with van der Waals surface area (Å²) in [6.45, 7) is 0.386. The van der Waals surface area contributed by atoms with Crippen LogP contribution in [0.25, 0.3) is 0 Å². The molecule has 0 bridgehead atoms. The molecule has 1 N–H and O–H groups in total. The minimum atomic E-state index is 0.386. The van der Waals surface area contributed by atoms with Crippen molar-refractivity contribution in [1.82, 2.24) is 9.97 Å². The van der Waals surface area contributed by atoms with E-state index in [9.17, 15) is 0 Å². The number of nitrogens with zero attached hydrogens (tertiary/aromatic N) is 2. The molecule has 2 aromatic rings. The van der Waals surface area contributed by atoms with Crippen molar-refractivity contribution in [2.24, 2.45) is 0 Å². The molecule has 2 aromatic heterocycles. The first kappa shape index (κ1) is 11.7. The Morgan fingerprint density at radius 3 is 3.00 bits per heavy atom. The van der Waals surface area contributed by atoms with Crippen LogP contribution >= 0.6 is 11.6 Å². The predicted octanol–water partition coefficient (Wildman–Crippen LogP) is 2.75. The third kappa shape index (κ3) is 3.32. The van der Waals surface area contributed by atoms with Crippen LogP contribution in [0.1, 0.15) is 5.69 Å². The molecule has 88 valence electrons. The van der Waals surface area contributed by atoms with E-state index in [0.717, 1.165) is 11.5 Å². The first-order valence-corrected chi connectivity index (χ1v) is 5.53. The van der Waals surface area contributed by atoms with E-state index in [1.807, 2.05) is 25.2 Å². The van der Waals surface area contributed by atoms with E-state index in [2.05, 4.69) is 15.3 Å². The first-order valence-electron chi connectivity index (χ1n) is 5.15. The van der Waals surface area contributed by atoms with E-state index < -0.39 is 0 Å². The van der Waals surface area contributed by atoms with E-state index in [1.165, 1.54) is 0 Å². The Labute approximate surface area is 105 Å². The monoisotopic (exact) mass is 249 g/mol. The van der Waals surface area contributed by atoms with Gasteiger partial charge in [0.25, 0.3) is 0 Å². The molecule has 5 heteroatoms. The molecule has 2 rings (SSSR count). The number of halogens is 1. The summed E-state index contributed by atoms with van der Waals surface area (Å²) in [6, 6.07) is 7.44. The lowest BCUT2D eigenvalue weighted by Crippen LogP contribution is -2.01. The molecule has 0 spiro atoms. The van der Waals surface area contributed by atoms with Gasteiger partial charge in [-0.05, 0) is 12.1 Å². The lowest BCUT2D eigenvalue weighted by Gasteiger charge is -2.06. The van der Waals surface area contributed by atoms with E-state index in [0.29, 0.717) is 17.4 Å². The second-order valence-electron chi connectivity index (χ2n) is 3.39. The number of nitrogens with one attached hydrogen (secondary N) is 1. The van der Waals surface area contributed by atoms with Gasteiger partial charge in [-0.15, -0.1) is 0 Å². The van der Waals surface area contributed by atoms with Gasteiger partial charge in [0.1, 0.15) is 18.2 Å². The summed E-state index contributed by atoms with van der Waals surface area (Å²) in [6.07, 6.45) is 3.18. The highest BCUT2D eigenvalue weighted by molar-refractivity contribution is 6.30. The maximum atomic E-state index is 5.81. The fraction of sp³-hybridized carbons (Fsp3) is 0.167. The third-order valence-electron chi connectivity index (χ3n) is 2.13. The number of anilines is 1. The number of hydrogen-bond donors (Lipinski definition) is 1. The van der Waals surface area contributed by atoms with Crippen molar-refractivity contribution in [3.8, 4) is 5.75 Å². The number of rotatable bonds is 4. The molecule has 0 amide bonds. The maximum Gasteiger partial charge on any atom is 0.139 e. The quantitative estimate of drug-likeness (QED) is 0.905. The zero-order chi connectivity index (χ0) is 12.1. The van der Waals surface area contributed by atoms with Crippen molar-refractivity contribution in [2.75, 3.05) is 12.4 Å². The zero-order valence-corrected chi connectivity index (χ0v) is 10.1. The van der Waals surface area contributed by atoms with Crippen LogP contribution in [0.3, 0.4) is 0 Å². The Morgan fingerprint density at radius 2 is 2.24 bits per heavy atom. The van der Waals surface area contributed by atoms with E-state index in [-0.39, 0.29) is 0 Å². The third-order valence-corrected chi connectivity index (χ3v) is 2.34. The normalized spacial score (nSPS) is 10.0. The van der Waals surface area contributed by atoms with E-state index >= 15 is 0 Å². The van der Waals surface area contributed by atoms with Gasteiger partial charge in [0.15, 0.2) is 0 Å². The number of pyridine rings is 2. The second kappa shape index (κ2) is 5.50. The molecule has 0 atom stereocenters. The Balaban J connectivity index is 2.02. The van der Waals surface area contributed by atoms with Gasteiger partial charge in [0.05, 0.1) is 16.9 Å². The van der Waals surface area contributed by atoms with Gasteiger partial charge in [-0.25, -0.2) is 4.98 Å². The molecule has 0 unspecified atom stereocenters. The van der Waals surface area contributed by atoms with Gasteiger partial charge in [-0.1, -0.05) is 17.7 Å². The lowest BCUT2D eigenvalue weighted by molar-refractivity contribution is 0.300. The summed E-state index contributed by atoms with van der Waals surface area (Å²) in [5.74, 6) is 1.45. The Kier molecular flexibility index (Phi) is 3.77. The van der Waals surface area contributed by atoms with Crippen LogP contribution in [0.4, 0.5) is 5.82 Å². The molecule has 0 fully saturated rings. The van der Waals surface area contributed by atoms with Crippen LogP contribution < -0.4 is 10.1 Å². The van der Waals surface area contributed by atoms with Gasteiger partial charge >= 0.3 is 0 Å². The highest BCUT2D eigenvalue weighted by Crippen LogP contribution is 2.16. The maximum absolute atomic E-state index is 5.81. The topological polar surface area (TPSA) is 47.0 Å². The van der Waals surface area contributed by atoms with Gasteiger partial charge < -0.3 is 10.1 Å². The van der Waals surface area contributed by atoms with Crippen LogP contribution in [0.2, 0.25) is 5.02 Å². The summed E-state index contributed by atoms with van der Waals surface area (Å²) in [4.78, 5) is 8.28. The highest BCUT2D eigenvalue weighted by atomic mass is 35.5. The lowest BCUT2D eigenvalue weighted by atomic mass is 10.3. The van der Waals surface area contributed by atoms with Crippen molar-refractivity contribution >= 4 is 17.4 Å². The highest BCUT2D eigenvalue weighted by Gasteiger charge is 1.99. The Morgan fingerprint density at radius 1 is 1.35 bits per heavy atom. The van der Waals surface area contributed by atoms with E-state index in [4.69, 9.17) is 16.3 Å². The van der Waals surface area contributed by atoms with Crippen LogP contribution in [-0.4, -0.2) is 17.0 Å². The second-order valence-corrected chi connectivity index (χ2v) is 3.83. The fourth-order valence-electron chi connectivity index (χ4n) is 1.33. The molecular weight excluding hydrogens is 238 g/mol. The molecule has 0 saturated heterocycles. The average Bonchev–Trinajstić information content (AvgIpc) is 2.37. The first-order chi connectivity index (χ1) is 8.28. The van der Waals surface area contributed by atoms with Gasteiger partial charge in [0, 0.05) is 19.3 Å². The Hall–Kier alpha value is -1.81. The largest absolute Gasteiger partial charge is 0.486 e. The summed E-state index contributed by atoms with van der Waals surface area (Å²) < 4.78 is 5.54. The summed E-state index contributed by atoms with van der Waals surface area (Å²) in [7, 11) is 1.83. The molecular formula is C12H12ClN3O. The van der Waals surface area contributed by atoms with Crippen LogP contribution in [0.15, 0.2) is 36.7 Å². The Bertz CT molecular complexity index is 505. The van der Waals surface area contributed by atoms with Crippen molar-refractivity contribution in [3.05, 3.63) is 47.4 Å². The van der Waals surface area contributed by atoms with E-state index in [1.54, 1.807) is 18.5 Å².